The third-order valence-electron chi connectivity index (χ3n) is 3.70. The van der Waals surface area contributed by atoms with Crippen LogP contribution in [0.5, 0.6) is 17.2 Å². The lowest BCUT2D eigenvalue weighted by Crippen LogP contribution is -2.23. The van der Waals surface area contributed by atoms with E-state index in [2.05, 4.69) is 5.32 Å². The molecular formula is C18H18F3NO4. The fraction of sp³-hybridized carbons (Fsp3) is 0.278. The van der Waals surface area contributed by atoms with Crippen LogP contribution in [0, 0.1) is 0 Å². The first-order valence-electron chi connectivity index (χ1n) is 7.54. The molecule has 1 N–H and O–H groups in total. The van der Waals surface area contributed by atoms with Crippen molar-refractivity contribution in [3.8, 4) is 17.2 Å². The summed E-state index contributed by atoms with van der Waals surface area (Å²) in [5.41, 5.74) is -0.0570. The van der Waals surface area contributed by atoms with E-state index >= 15 is 0 Å². The van der Waals surface area contributed by atoms with E-state index in [-0.39, 0.29) is 12.1 Å². The van der Waals surface area contributed by atoms with Crippen molar-refractivity contribution in [3.05, 3.63) is 53.1 Å². The average molecular weight is 369 g/mol. The molecule has 0 radical (unpaired) electrons. The second-order valence-corrected chi connectivity index (χ2v) is 5.28. The summed E-state index contributed by atoms with van der Waals surface area (Å²) in [6.07, 6.45) is -4.44. The predicted octanol–water partition coefficient (Wildman–Crippen LogP) is 3.66. The SMILES string of the molecule is COc1cc(OC)c(OC)cc1CNC(=O)c1ccc(C(F)(F)F)cc1. The maximum Gasteiger partial charge on any atom is 0.416 e. The second-order valence-electron chi connectivity index (χ2n) is 5.28. The molecule has 0 aliphatic heterocycles. The highest BCUT2D eigenvalue weighted by Crippen LogP contribution is 2.34. The van der Waals surface area contributed by atoms with Gasteiger partial charge in [0, 0.05) is 23.7 Å². The summed E-state index contributed by atoms with van der Waals surface area (Å²) < 4.78 is 53.4. The molecule has 0 aliphatic rings. The van der Waals surface area contributed by atoms with Gasteiger partial charge in [-0.1, -0.05) is 0 Å². The van der Waals surface area contributed by atoms with Crippen LogP contribution in [0.4, 0.5) is 13.2 Å². The van der Waals surface area contributed by atoms with E-state index in [1.54, 1.807) is 12.1 Å². The Morgan fingerprint density at radius 2 is 1.46 bits per heavy atom. The lowest BCUT2D eigenvalue weighted by atomic mass is 10.1. The van der Waals surface area contributed by atoms with Crippen LogP contribution in [0.25, 0.3) is 0 Å². The van der Waals surface area contributed by atoms with Crippen molar-refractivity contribution in [2.24, 2.45) is 0 Å². The molecule has 5 nitrogen and oxygen atoms in total. The number of benzene rings is 2. The van der Waals surface area contributed by atoms with Crippen molar-refractivity contribution in [1.29, 1.82) is 0 Å². The first kappa shape index (κ1) is 19.4. The molecule has 0 fully saturated rings. The van der Waals surface area contributed by atoms with Crippen molar-refractivity contribution >= 4 is 5.91 Å². The van der Waals surface area contributed by atoms with E-state index in [1.807, 2.05) is 0 Å². The van der Waals surface area contributed by atoms with Crippen LogP contribution in [0.1, 0.15) is 21.5 Å². The Hall–Kier alpha value is -2.90. The lowest BCUT2D eigenvalue weighted by Gasteiger charge is -2.14. The monoisotopic (exact) mass is 369 g/mol. The molecular weight excluding hydrogens is 351 g/mol. The Kier molecular flexibility index (Phi) is 5.97. The normalized spacial score (nSPS) is 11.0. The van der Waals surface area contributed by atoms with E-state index in [0.29, 0.717) is 22.8 Å². The van der Waals surface area contributed by atoms with Gasteiger partial charge < -0.3 is 19.5 Å². The molecule has 140 valence electrons. The van der Waals surface area contributed by atoms with Gasteiger partial charge in [-0.3, -0.25) is 4.79 Å². The Labute approximate surface area is 148 Å². The van der Waals surface area contributed by atoms with Gasteiger partial charge in [-0.05, 0) is 30.3 Å². The highest BCUT2D eigenvalue weighted by molar-refractivity contribution is 5.94. The van der Waals surface area contributed by atoms with Crippen molar-refractivity contribution < 1.29 is 32.2 Å². The van der Waals surface area contributed by atoms with Crippen LogP contribution in [-0.2, 0) is 12.7 Å². The van der Waals surface area contributed by atoms with Gasteiger partial charge in [0.05, 0.1) is 26.9 Å². The predicted molar refractivity (Wildman–Crippen MR) is 88.7 cm³/mol. The van der Waals surface area contributed by atoms with Gasteiger partial charge in [0.25, 0.3) is 5.91 Å². The fourth-order valence-electron chi connectivity index (χ4n) is 2.32. The number of ether oxygens (including phenoxy) is 3. The van der Waals surface area contributed by atoms with Crippen LogP contribution < -0.4 is 19.5 Å². The van der Waals surface area contributed by atoms with Crippen molar-refractivity contribution in [1.82, 2.24) is 5.32 Å². The standard InChI is InChI=1S/C18H18F3NO4/c1-24-14-9-16(26-3)15(25-2)8-12(14)10-22-17(23)11-4-6-13(7-5-11)18(19,20)21/h4-9H,10H2,1-3H3,(H,22,23). The maximum absolute atomic E-state index is 12.6. The summed E-state index contributed by atoms with van der Waals surface area (Å²) in [4.78, 5) is 12.2. The number of halogens is 3. The third kappa shape index (κ3) is 4.38. The third-order valence-corrected chi connectivity index (χ3v) is 3.70. The minimum Gasteiger partial charge on any atom is -0.496 e. The summed E-state index contributed by atoms with van der Waals surface area (Å²) in [7, 11) is 4.45. The first-order valence-corrected chi connectivity index (χ1v) is 7.54. The number of rotatable bonds is 6. The number of carbonyl (C=O) groups excluding carboxylic acids is 1. The lowest BCUT2D eigenvalue weighted by molar-refractivity contribution is -0.137. The zero-order chi connectivity index (χ0) is 19.3. The number of carbonyl (C=O) groups is 1. The number of nitrogens with one attached hydrogen (secondary N) is 1. The quantitative estimate of drug-likeness (QED) is 0.844. The van der Waals surface area contributed by atoms with Gasteiger partial charge in [0.2, 0.25) is 0 Å². The fourth-order valence-corrected chi connectivity index (χ4v) is 2.32. The maximum atomic E-state index is 12.6. The molecule has 0 bridgehead atoms. The summed E-state index contributed by atoms with van der Waals surface area (Å²) >= 11 is 0. The first-order chi connectivity index (χ1) is 12.3. The van der Waals surface area contributed by atoms with Gasteiger partial charge in [0.15, 0.2) is 11.5 Å². The molecule has 26 heavy (non-hydrogen) atoms. The Bertz CT molecular complexity index is 773. The zero-order valence-corrected chi connectivity index (χ0v) is 14.4. The van der Waals surface area contributed by atoms with Gasteiger partial charge in [-0.25, -0.2) is 0 Å². The largest absolute Gasteiger partial charge is 0.496 e. The Morgan fingerprint density at radius 1 is 0.923 bits per heavy atom. The summed E-state index contributed by atoms with van der Waals surface area (Å²) in [6, 6.07) is 7.27. The van der Waals surface area contributed by atoms with Crippen LogP contribution in [0.3, 0.4) is 0 Å². The minimum atomic E-state index is -4.44. The van der Waals surface area contributed by atoms with E-state index in [4.69, 9.17) is 14.2 Å². The highest BCUT2D eigenvalue weighted by Gasteiger charge is 2.30. The van der Waals surface area contributed by atoms with Crippen LogP contribution in [0.2, 0.25) is 0 Å². The second kappa shape index (κ2) is 7.99. The van der Waals surface area contributed by atoms with E-state index in [9.17, 15) is 18.0 Å². The van der Waals surface area contributed by atoms with Crippen LogP contribution in [-0.4, -0.2) is 27.2 Å². The molecule has 8 heteroatoms. The molecule has 0 aliphatic carbocycles. The zero-order valence-electron chi connectivity index (χ0n) is 14.4. The Morgan fingerprint density at radius 3 is 1.96 bits per heavy atom. The summed E-state index contributed by atoms with van der Waals surface area (Å²) in [5, 5.41) is 2.64. The van der Waals surface area contributed by atoms with Gasteiger partial charge >= 0.3 is 6.18 Å². The molecule has 0 atom stereocenters. The number of alkyl halides is 3. The number of methoxy groups -OCH3 is 3. The van der Waals surface area contributed by atoms with E-state index in [1.165, 1.54) is 21.3 Å². The van der Waals surface area contributed by atoms with Crippen LogP contribution >= 0.6 is 0 Å². The minimum absolute atomic E-state index is 0.101. The van der Waals surface area contributed by atoms with Crippen molar-refractivity contribution in [2.45, 2.75) is 12.7 Å². The molecule has 2 aromatic rings. The summed E-state index contributed by atoms with van der Waals surface area (Å²) in [5.74, 6) is 0.917. The molecule has 0 spiro atoms. The van der Waals surface area contributed by atoms with Crippen molar-refractivity contribution in [3.63, 3.8) is 0 Å². The molecule has 0 aromatic heterocycles. The number of hydrogen-bond donors (Lipinski definition) is 1. The molecule has 0 unspecified atom stereocenters. The van der Waals surface area contributed by atoms with Gasteiger partial charge in [-0.2, -0.15) is 13.2 Å². The van der Waals surface area contributed by atoms with Crippen molar-refractivity contribution in [2.75, 3.05) is 21.3 Å². The van der Waals surface area contributed by atoms with Gasteiger partial charge in [0.1, 0.15) is 5.75 Å². The molecule has 2 rings (SSSR count). The number of hydrogen-bond acceptors (Lipinski definition) is 4. The van der Waals surface area contributed by atoms with E-state index in [0.717, 1.165) is 24.3 Å². The van der Waals surface area contributed by atoms with E-state index < -0.39 is 17.6 Å². The molecule has 0 saturated carbocycles. The summed E-state index contributed by atoms with van der Waals surface area (Å²) in [6.45, 7) is 0.101. The van der Waals surface area contributed by atoms with Crippen LogP contribution in [0.15, 0.2) is 36.4 Å². The molecule has 0 heterocycles. The molecule has 1 amide bonds. The number of amides is 1. The smallest absolute Gasteiger partial charge is 0.416 e. The topological polar surface area (TPSA) is 56.8 Å². The average Bonchev–Trinajstić information content (AvgIpc) is 2.64. The Balaban J connectivity index is 2.14. The van der Waals surface area contributed by atoms with Gasteiger partial charge in [-0.15, -0.1) is 0 Å². The molecule has 2 aromatic carbocycles. The molecule has 0 saturated heterocycles. The highest BCUT2D eigenvalue weighted by atomic mass is 19.4.